The molecule has 2 aromatic rings. The van der Waals surface area contributed by atoms with Crippen LogP contribution in [0.2, 0.25) is 0 Å². The van der Waals surface area contributed by atoms with Crippen molar-refractivity contribution >= 4 is 11.5 Å². The Kier molecular flexibility index (Phi) is 5.10. The summed E-state index contributed by atoms with van der Waals surface area (Å²) in [6.45, 7) is 2.41. The van der Waals surface area contributed by atoms with E-state index in [2.05, 4.69) is 10.3 Å². The number of phenolic OH excluding ortho intramolecular Hbond substituents is 1. The molecule has 0 unspecified atom stereocenters. The largest absolute Gasteiger partial charge is 0.508 e. The number of amides is 1. The van der Waals surface area contributed by atoms with Crippen LogP contribution in [0.5, 0.6) is 5.75 Å². The van der Waals surface area contributed by atoms with Gasteiger partial charge in [0.1, 0.15) is 5.75 Å². The van der Waals surface area contributed by atoms with Gasteiger partial charge in [0, 0.05) is 25.0 Å². The number of pyridine rings is 1. The normalized spacial score (nSPS) is 11.2. The number of nitrogens with one attached hydrogen (secondary N) is 1. The summed E-state index contributed by atoms with van der Waals surface area (Å²) in [6, 6.07) is 10.8. The van der Waals surface area contributed by atoms with Gasteiger partial charge in [0.25, 0.3) is 0 Å². The molecule has 0 spiro atoms. The van der Waals surface area contributed by atoms with Crippen LogP contribution in [0, 0.1) is 0 Å². The Labute approximate surface area is 124 Å². The monoisotopic (exact) mass is 282 g/mol. The summed E-state index contributed by atoms with van der Waals surface area (Å²) in [4.78, 5) is 15.9. The molecule has 0 saturated carbocycles. The van der Waals surface area contributed by atoms with Gasteiger partial charge in [0.2, 0.25) is 5.91 Å². The number of rotatable bonds is 5. The second kappa shape index (κ2) is 7.24. The minimum atomic E-state index is -0.128. The van der Waals surface area contributed by atoms with Crippen LogP contribution in [0.25, 0.3) is 5.57 Å². The van der Waals surface area contributed by atoms with Gasteiger partial charge in [-0.15, -0.1) is 0 Å². The van der Waals surface area contributed by atoms with Gasteiger partial charge in [-0.2, -0.15) is 0 Å². The summed E-state index contributed by atoms with van der Waals surface area (Å²) in [5.41, 5.74) is 2.79. The first-order chi connectivity index (χ1) is 10.1. The first-order valence-corrected chi connectivity index (χ1v) is 6.79. The lowest BCUT2D eigenvalue weighted by Gasteiger charge is -2.05. The number of hydrogen-bond acceptors (Lipinski definition) is 3. The van der Waals surface area contributed by atoms with Crippen molar-refractivity contribution in [3.63, 3.8) is 0 Å². The van der Waals surface area contributed by atoms with Crippen molar-refractivity contribution in [1.29, 1.82) is 0 Å². The number of phenols is 1. The lowest BCUT2D eigenvalue weighted by molar-refractivity contribution is -0.116. The van der Waals surface area contributed by atoms with E-state index in [1.165, 1.54) is 0 Å². The molecule has 1 heterocycles. The van der Waals surface area contributed by atoms with Crippen LogP contribution < -0.4 is 5.32 Å². The molecule has 0 aliphatic carbocycles. The van der Waals surface area contributed by atoms with E-state index in [-0.39, 0.29) is 11.7 Å². The quantitative estimate of drug-likeness (QED) is 0.828. The Morgan fingerprint density at radius 2 is 2.19 bits per heavy atom. The van der Waals surface area contributed by atoms with Crippen molar-refractivity contribution in [1.82, 2.24) is 10.3 Å². The summed E-state index contributed by atoms with van der Waals surface area (Å²) in [5, 5.41) is 12.2. The lowest BCUT2D eigenvalue weighted by Crippen LogP contribution is -2.23. The van der Waals surface area contributed by atoms with Crippen LogP contribution in [-0.2, 0) is 11.2 Å². The molecule has 1 amide bonds. The zero-order chi connectivity index (χ0) is 15.1. The molecular weight excluding hydrogens is 264 g/mol. The smallest absolute Gasteiger partial charge is 0.244 e. The van der Waals surface area contributed by atoms with Crippen molar-refractivity contribution in [2.45, 2.75) is 13.3 Å². The summed E-state index contributed by atoms with van der Waals surface area (Å²) in [7, 11) is 0. The summed E-state index contributed by atoms with van der Waals surface area (Å²) in [6.07, 6.45) is 5.68. The third-order valence-corrected chi connectivity index (χ3v) is 3.09. The van der Waals surface area contributed by atoms with Crippen LogP contribution in [0.15, 0.2) is 54.9 Å². The average molecular weight is 282 g/mol. The van der Waals surface area contributed by atoms with Crippen molar-refractivity contribution in [2.75, 3.05) is 6.54 Å². The van der Waals surface area contributed by atoms with E-state index in [0.717, 1.165) is 16.7 Å². The number of aromatic nitrogens is 1. The highest BCUT2D eigenvalue weighted by molar-refractivity contribution is 5.94. The number of carbonyl (C=O) groups is 1. The third kappa shape index (κ3) is 4.76. The average Bonchev–Trinajstić information content (AvgIpc) is 2.48. The maximum Gasteiger partial charge on any atom is 0.244 e. The molecule has 0 fully saturated rings. The van der Waals surface area contributed by atoms with E-state index in [4.69, 9.17) is 0 Å². The molecule has 0 saturated heterocycles. The molecule has 21 heavy (non-hydrogen) atoms. The third-order valence-electron chi connectivity index (χ3n) is 3.09. The number of allylic oxidation sites excluding steroid dienone is 1. The van der Waals surface area contributed by atoms with Gasteiger partial charge in [-0.05, 0) is 48.2 Å². The highest BCUT2D eigenvalue weighted by atomic mass is 16.3. The predicted octanol–water partition coefficient (Wildman–Crippen LogP) is 2.55. The highest BCUT2D eigenvalue weighted by Gasteiger charge is 2.01. The molecule has 2 N–H and O–H groups in total. The Balaban J connectivity index is 1.85. The molecule has 1 aromatic carbocycles. The van der Waals surface area contributed by atoms with E-state index < -0.39 is 0 Å². The minimum absolute atomic E-state index is 0.128. The van der Waals surface area contributed by atoms with Crippen LogP contribution in [-0.4, -0.2) is 22.5 Å². The van der Waals surface area contributed by atoms with Crippen molar-refractivity contribution in [3.05, 3.63) is 66.0 Å². The summed E-state index contributed by atoms with van der Waals surface area (Å²) in [5.74, 6) is 0.114. The van der Waals surface area contributed by atoms with E-state index in [1.807, 2.05) is 25.1 Å². The standard InChI is InChI=1S/C17H18N2O2/c1-13(15-5-3-8-18-12-15)10-17(21)19-9-7-14-4-2-6-16(20)11-14/h2-6,8,10-12,20H,7,9H2,1H3,(H,19,21). The Morgan fingerprint density at radius 3 is 2.90 bits per heavy atom. The van der Waals surface area contributed by atoms with Gasteiger partial charge in [-0.25, -0.2) is 0 Å². The SMILES string of the molecule is CC(=CC(=O)NCCc1cccc(O)c1)c1cccnc1. The zero-order valence-corrected chi connectivity index (χ0v) is 11.9. The number of benzene rings is 1. The minimum Gasteiger partial charge on any atom is -0.508 e. The van der Waals surface area contributed by atoms with Gasteiger partial charge < -0.3 is 10.4 Å². The highest BCUT2D eigenvalue weighted by Crippen LogP contribution is 2.12. The fraction of sp³-hybridized carbons (Fsp3) is 0.176. The number of nitrogens with zero attached hydrogens (tertiary/aromatic N) is 1. The van der Waals surface area contributed by atoms with Gasteiger partial charge in [-0.3, -0.25) is 9.78 Å². The molecule has 2 rings (SSSR count). The number of aromatic hydroxyl groups is 1. The maximum absolute atomic E-state index is 11.8. The van der Waals surface area contributed by atoms with Gasteiger partial charge >= 0.3 is 0 Å². The number of hydrogen-bond donors (Lipinski definition) is 2. The van der Waals surface area contributed by atoms with Crippen LogP contribution >= 0.6 is 0 Å². The lowest BCUT2D eigenvalue weighted by atomic mass is 10.1. The van der Waals surface area contributed by atoms with E-state index in [0.29, 0.717) is 13.0 Å². The molecule has 0 aliphatic heterocycles. The van der Waals surface area contributed by atoms with Crippen LogP contribution in [0.4, 0.5) is 0 Å². The van der Waals surface area contributed by atoms with Crippen LogP contribution in [0.3, 0.4) is 0 Å². The van der Waals surface area contributed by atoms with E-state index in [9.17, 15) is 9.90 Å². The summed E-state index contributed by atoms with van der Waals surface area (Å²) >= 11 is 0. The first-order valence-electron chi connectivity index (χ1n) is 6.79. The predicted molar refractivity (Wildman–Crippen MR) is 82.7 cm³/mol. The number of carbonyl (C=O) groups excluding carboxylic acids is 1. The van der Waals surface area contributed by atoms with Crippen molar-refractivity contribution < 1.29 is 9.90 Å². The Hall–Kier alpha value is -2.62. The summed E-state index contributed by atoms with van der Waals surface area (Å²) < 4.78 is 0. The Bertz CT molecular complexity index is 636. The molecular formula is C17H18N2O2. The van der Waals surface area contributed by atoms with Gasteiger partial charge in [0.15, 0.2) is 0 Å². The van der Waals surface area contributed by atoms with Crippen molar-refractivity contribution in [3.8, 4) is 5.75 Å². The first kappa shape index (κ1) is 14.8. The van der Waals surface area contributed by atoms with Crippen LogP contribution in [0.1, 0.15) is 18.1 Å². The second-order valence-corrected chi connectivity index (χ2v) is 4.78. The molecule has 0 bridgehead atoms. The topological polar surface area (TPSA) is 62.2 Å². The fourth-order valence-corrected chi connectivity index (χ4v) is 1.97. The molecule has 4 nitrogen and oxygen atoms in total. The zero-order valence-electron chi connectivity index (χ0n) is 11.9. The van der Waals surface area contributed by atoms with Crippen molar-refractivity contribution in [2.24, 2.45) is 0 Å². The molecule has 4 heteroatoms. The molecule has 108 valence electrons. The fourth-order valence-electron chi connectivity index (χ4n) is 1.97. The van der Waals surface area contributed by atoms with Gasteiger partial charge in [0.05, 0.1) is 0 Å². The second-order valence-electron chi connectivity index (χ2n) is 4.78. The maximum atomic E-state index is 11.8. The Morgan fingerprint density at radius 1 is 1.33 bits per heavy atom. The molecule has 0 atom stereocenters. The molecule has 1 aromatic heterocycles. The van der Waals surface area contributed by atoms with E-state index in [1.54, 1.807) is 36.7 Å². The molecule has 0 aliphatic rings. The van der Waals surface area contributed by atoms with Gasteiger partial charge in [-0.1, -0.05) is 18.2 Å². The van der Waals surface area contributed by atoms with E-state index >= 15 is 0 Å². The molecule has 0 radical (unpaired) electrons.